The molecule has 0 unspecified atom stereocenters. The Kier molecular flexibility index (Phi) is 5.30. The van der Waals surface area contributed by atoms with Crippen LogP contribution >= 0.6 is 0 Å². The number of benzene rings is 1. The second-order valence-electron chi connectivity index (χ2n) is 7.37. The van der Waals surface area contributed by atoms with Gasteiger partial charge in [0.15, 0.2) is 5.82 Å². The van der Waals surface area contributed by atoms with E-state index in [1.165, 1.54) is 0 Å². The summed E-state index contributed by atoms with van der Waals surface area (Å²) >= 11 is 0. The van der Waals surface area contributed by atoms with Gasteiger partial charge in [0.25, 0.3) is 0 Å². The van der Waals surface area contributed by atoms with Gasteiger partial charge < -0.3 is 19.6 Å². The van der Waals surface area contributed by atoms with Crippen LogP contribution in [0.15, 0.2) is 41.4 Å². The van der Waals surface area contributed by atoms with E-state index in [0.29, 0.717) is 37.9 Å². The summed E-state index contributed by atoms with van der Waals surface area (Å²) < 4.78 is 12.8. The Bertz CT molecular complexity index is 984. The average molecular weight is 396 g/mol. The molecule has 4 rings (SSSR count). The van der Waals surface area contributed by atoms with Crippen molar-refractivity contribution in [2.24, 2.45) is 11.7 Å². The summed E-state index contributed by atoms with van der Waals surface area (Å²) in [5.41, 5.74) is 7.84. The Labute approximate surface area is 168 Å². The molecule has 1 fully saturated rings. The molecule has 152 valence electrons. The molecular formula is C20H24N6O3. The lowest BCUT2D eigenvalue weighted by Gasteiger charge is -2.17. The first-order valence-corrected chi connectivity index (χ1v) is 9.47. The van der Waals surface area contributed by atoms with Crippen LogP contribution in [-0.2, 0) is 17.9 Å². The number of methoxy groups -OCH3 is 1. The molecule has 0 saturated carbocycles. The van der Waals surface area contributed by atoms with E-state index in [2.05, 4.69) is 26.1 Å². The molecule has 1 aliphatic heterocycles. The number of imidazole rings is 1. The topological polar surface area (TPSA) is 112 Å². The third kappa shape index (κ3) is 4.14. The molecule has 0 spiro atoms. The van der Waals surface area contributed by atoms with Crippen LogP contribution in [0, 0.1) is 12.8 Å². The fourth-order valence-corrected chi connectivity index (χ4v) is 3.91. The molecule has 0 aliphatic carbocycles. The van der Waals surface area contributed by atoms with Gasteiger partial charge in [-0.15, -0.1) is 0 Å². The number of carbonyl (C=O) groups excluding carboxylic acids is 1. The standard InChI is InChI=1S/C20H24N6O3/c1-13-23-20(29-24-13)17-11-26(10-16(17)19(21)27)8-14-3-4-18(28-2)15(7-14)9-25-6-5-22-12-25/h3-7,12,16-17H,8-11H2,1-2H3,(H2,21,27)/t16-,17-/m1/s1. The Morgan fingerprint density at radius 2 is 2.21 bits per heavy atom. The van der Waals surface area contributed by atoms with Gasteiger partial charge in [0.1, 0.15) is 5.75 Å². The first kappa shape index (κ1) is 19.1. The predicted octanol–water partition coefficient (Wildman–Crippen LogP) is 1.33. The van der Waals surface area contributed by atoms with Gasteiger partial charge in [-0.1, -0.05) is 11.2 Å². The number of primary amides is 1. The zero-order valence-electron chi connectivity index (χ0n) is 16.5. The summed E-state index contributed by atoms with van der Waals surface area (Å²) in [5, 5.41) is 3.85. The average Bonchev–Trinajstić information content (AvgIpc) is 3.43. The summed E-state index contributed by atoms with van der Waals surface area (Å²) in [6, 6.07) is 6.14. The first-order valence-electron chi connectivity index (χ1n) is 9.47. The molecule has 1 amide bonds. The molecule has 2 atom stereocenters. The fourth-order valence-electron chi connectivity index (χ4n) is 3.91. The molecule has 3 aromatic rings. The van der Waals surface area contributed by atoms with Crippen molar-refractivity contribution < 1.29 is 14.1 Å². The highest BCUT2D eigenvalue weighted by molar-refractivity contribution is 5.78. The van der Waals surface area contributed by atoms with E-state index in [4.69, 9.17) is 15.0 Å². The van der Waals surface area contributed by atoms with E-state index in [9.17, 15) is 4.79 Å². The van der Waals surface area contributed by atoms with Crippen molar-refractivity contribution in [2.45, 2.75) is 25.9 Å². The first-order chi connectivity index (χ1) is 14.0. The zero-order valence-corrected chi connectivity index (χ0v) is 16.5. The van der Waals surface area contributed by atoms with Crippen molar-refractivity contribution >= 4 is 5.91 Å². The monoisotopic (exact) mass is 396 g/mol. The molecule has 9 heteroatoms. The summed E-state index contributed by atoms with van der Waals surface area (Å²) in [7, 11) is 1.67. The highest BCUT2D eigenvalue weighted by Gasteiger charge is 2.40. The van der Waals surface area contributed by atoms with Crippen LogP contribution in [0.3, 0.4) is 0 Å². The van der Waals surface area contributed by atoms with E-state index in [0.717, 1.165) is 16.9 Å². The number of ether oxygens (including phenoxy) is 1. The highest BCUT2D eigenvalue weighted by atomic mass is 16.5. The third-order valence-electron chi connectivity index (χ3n) is 5.28. The number of nitrogens with two attached hydrogens (primary N) is 1. The van der Waals surface area contributed by atoms with Gasteiger partial charge in [-0.05, 0) is 24.6 Å². The van der Waals surface area contributed by atoms with Crippen LogP contribution in [-0.4, -0.2) is 50.7 Å². The number of carbonyl (C=O) groups is 1. The summed E-state index contributed by atoms with van der Waals surface area (Å²) in [4.78, 5) is 22.6. The predicted molar refractivity (Wildman–Crippen MR) is 104 cm³/mol. The van der Waals surface area contributed by atoms with Crippen LogP contribution in [0.1, 0.15) is 28.8 Å². The lowest BCUT2D eigenvalue weighted by Crippen LogP contribution is -2.29. The van der Waals surface area contributed by atoms with Gasteiger partial charge in [0.2, 0.25) is 11.8 Å². The molecule has 1 aromatic carbocycles. The van der Waals surface area contributed by atoms with Crippen LogP contribution in [0.4, 0.5) is 0 Å². The minimum atomic E-state index is -0.349. The SMILES string of the molecule is COc1ccc(CN2C[C@@H](C(N)=O)[C@H](c3nc(C)no3)C2)cc1Cn1ccnc1. The second-order valence-corrected chi connectivity index (χ2v) is 7.37. The molecule has 0 bridgehead atoms. The highest BCUT2D eigenvalue weighted by Crippen LogP contribution is 2.33. The van der Waals surface area contributed by atoms with Crippen LogP contribution < -0.4 is 10.5 Å². The number of aromatic nitrogens is 4. The van der Waals surface area contributed by atoms with Crippen molar-refractivity contribution in [3.8, 4) is 5.75 Å². The minimum absolute atomic E-state index is 0.183. The lowest BCUT2D eigenvalue weighted by atomic mass is 9.95. The molecule has 3 heterocycles. The number of aryl methyl sites for hydroxylation is 1. The van der Waals surface area contributed by atoms with Gasteiger partial charge in [0.05, 0.1) is 31.8 Å². The molecule has 2 aromatic heterocycles. The maximum absolute atomic E-state index is 12.0. The number of likely N-dealkylation sites (tertiary alicyclic amines) is 1. The molecule has 1 aliphatic rings. The Balaban J connectivity index is 1.52. The van der Waals surface area contributed by atoms with Crippen LogP contribution in [0.2, 0.25) is 0 Å². The summed E-state index contributed by atoms with van der Waals surface area (Å²) in [6.45, 7) is 4.32. The molecular weight excluding hydrogens is 372 g/mol. The maximum atomic E-state index is 12.0. The number of amides is 1. The van der Waals surface area contributed by atoms with Crippen LogP contribution in [0.5, 0.6) is 5.75 Å². The Morgan fingerprint density at radius 1 is 1.34 bits per heavy atom. The van der Waals surface area contributed by atoms with E-state index in [1.54, 1.807) is 26.6 Å². The number of rotatable bonds is 7. The number of hydrogen-bond acceptors (Lipinski definition) is 7. The summed E-state index contributed by atoms with van der Waals surface area (Å²) in [6.07, 6.45) is 5.45. The van der Waals surface area contributed by atoms with Gasteiger partial charge in [-0.2, -0.15) is 4.98 Å². The Hall–Kier alpha value is -3.20. The molecule has 29 heavy (non-hydrogen) atoms. The van der Waals surface area contributed by atoms with E-state index < -0.39 is 0 Å². The number of nitrogens with zero attached hydrogens (tertiary/aromatic N) is 5. The third-order valence-corrected chi connectivity index (χ3v) is 5.28. The summed E-state index contributed by atoms with van der Waals surface area (Å²) in [5.74, 6) is 0.989. The lowest BCUT2D eigenvalue weighted by molar-refractivity contribution is -0.121. The molecule has 9 nitrogen and oxygen atoms in total. The van der Waals surface area contributed by atoms with Crippen molar-refractivity contribution in [3.63, 3.8) is 0 Å². The van der Waals surface area contributed by atoms with Crippen molar-refractivity contribution in [1.82, 2.24) is 24.6 Å². The van der Waals surface area contributed by atoms with E-state index >= 15 is 0 Å². The normalized spacial score (nSPS) is 19.5. The van der Waals surface area contributed by atoms with Gasteiger partial charge >= 0.3 is 0 Å². The number of hydrogen-bond donors (Lipinski definition) is 1. The quantitative estimate of drug-likeness (QED) is 0.641. The van der Waals surface area contributed by atoms with E-state index in [-0.39, 0.29) is 17.7 Å². The second kappa shape index (κ2) is 8.04. The van der Waals surface area contributed by atoms with Crippen molar-refractivity contribution in [2.75, 3.05) is 20.2 Å². The maximum Gasteiger partial charge on any atom is 0.231 e. The molecule has 2 N–H and O–H groups in total. The largest absolute Gasteiger partial charge is 0.496 e. The smallest absolute Gasteiger partial charge is 0.231 e. The molecule has 0 radical (unpaired) electrons. The Morgan fingerprint density at radius 3 is 2.86 bits per heavy atom. The van der Waals surface area contributed by atoms with Gasteiger partial charge in [-0.3, -0.25) is 9.69 Å². The van der Waals surface area contributed by atoms with Gasteiger partial charge in [-0.25, -0.2) is 4.98 Å². The van der Waals surface area contributed by atoms with Crippen molar-refractivity contribution in [1.29, 1.82) is 0 Å². The van der Waals surface area contributed by atoms with E-state index in [1.807, 2.05) is 22.9 Å². The van der Waals surface area contributed by atoms with Crippen molar-refractivity contribution in [3.05, 3.63) is 59.8 Å². The molecule has 1 saturated heterocycles. The fraction of sp³-hybridized carbons (Fsp3) is 0.400. The minimum Gasteiger partial charge on any atom is -0.496 e. The van der Waals surface area contributed by atoms with Crippen LogP contribution in [0.25, 0.3) is 0 Å². The zero-order chi connectivity index (χ0) is 20.4. The van der Waals surface area contributed by atoms with Gasteiger partial charge in [0, 0.05) is 37.6 Å².